The molecule has 0 saturated heterocycles. The maximum absolute atomic E-state index is 13.2. The van der Waals surface area contributed by atoms with Crippen molar-refractivity contribution in [2.75, 3.05) is 13.7 Å². The smallest absolute Gasteiger partial charge is 0.328 e. The summed E-state index contributed by atoms with van der Waals surface area (Å²) in [5, 5.41) is 10.9. The van der Waals surface area contributed by atoms with Crippen molar-refractivity contribution in [3.05, 3.63) is 29.8 Å². The minimum atomic E-state index is -1.25. The molecule has 92 valence electrons. The van der Waals surface area contributed by atoms with Crippen LogP contribution in [0.5, 0.6) is 0 Å². The molecule has 1 atom stereocenters. The van der Waals surface area contributed by atoms with E-state index in [-0.39, 0.29) is 12.2 Å². The normalized spacial score (nSPS) is 11.9. The number of aromatic nitrogens is 1. The van der Waals surface area contributed by atoms with Gasteiger partial charge in [0.2, 0.25) is 0 Å². The lowest BCUT2D eigenvalue weighted by Crippen LogP contribution is -2.44. The molecule has 1 heterocycles. The van der Waals surface area contributed by atoms with Gasteiger partial charge in [0.1, 0.15) is 0 Å². The fourth-order valence-electron chi connectivity index (χ4n) is 1.14. The fourth-order valence-corrected chi connectivity index (χ4v) is 1.14. The summed E-state index contributed by atoms with van der Waals surface area (Å²) in [6.45, 7) is -0.201. The third-order valence-electron chi connectivity index (χ3n) is 1.95. The Labute approximate surface area is 96.4 Å². The molecule has 6 nitrogen and oxygen atoms in total. The van der Waals surface area contributed by atoms with Crippen molar-refractivity contribution in [1.82, 2.24) is 10.3 Å². The molecule has 0 spiro atoms. The van der Waals surface area contributed by atoms with Gasteiger partial charge in [0.05, 0.1) is 18.4 Å². The van der Waals surface area contributed by atoms with Crippen LogP contribution in [0.3, 0.4) is 0 Å². The number of nitrogens with one attached hydrogen (secondary N) is 1. The number of methoxy groups -OCH3 is 1. The van der Waals surface area contributed by atoms with Crippen LogP contribution in [0, 0.1) is 5.82 Å². The van der Waals surface area contributed by atoms with Crippen molar-refractivity contribution >= 4 is 11.9 Å². The molecular formula is C10H11FN2O4. The van der Waals surface area contributed by atoms with Crippen LogP contribution in [-0.2, 0) is 9.53 Å². The molecule has 0 aromatic carbocycles. The number of ether oxygens (including phenoxy) is 1. The summed E-state index contributed by atoms with van der Waals surface area (Å²) in [4.78, 5) is 25.8. The molecule has 1 rings (SSSR count). The second-order valence-electron chi connectivity index (χ2n) is 3.18. The first-order valence-electron chi connectivity index (χ1n) is 4.68. The number of nitrogens with zero attached hydrogens (tertiary/aromatic N) is 1. The van der Waals surface area contributed by atoms with Gasteiger partial charge in [-0.05, 0) is 6.07 Å². The second-order valence-corrected chi connectivity index (χ2v) is 3.18. The van der Waals surface area contributed by atoms with Gasteiger partial charge < -0.3 is 15.2 Å². The van der Waals surface area contributed by atoms with Gasteiger partial charge in [0.25, 0.3) is 5.91 Å². The van der Waals surface area contributed by atoms with Crippen LogP contribution in [-0.4, -0.2) is 41.7 Å². The Morgan fingerprint density at radius 1 is 1.65 bits per heavy atom. The first-order valence-corrected chi connectivity index (χ1v) is 4.68. The van der Waals surface area contributed by atoms with E-state index < -0.39 is 23.7 Å². The molecule has 0 bridgehead atoms. The van der Waals surface area contributed by atoms with Crippen molar-refractivity contribution in [2.24, 2.45) is 0 Å². The Morgan fingerprint density at radius 2 is 2.35 bits per heavy atom. The first-order chi connectivity index (χ1) is 8.06. The Bertz CT molecular complexity index is 425. The molecule has 1 aromatic rings. The van der Waals surface area contributed by atoms with Gasteiger partial charge in [-0.3, -0.25) is 9.78 Å². The lowest BCUT2D eigenvalue weighted by molar-refractivity contribution is -0.140. The number of hydrogen-bond acceptors (Lipinski definition) is 4. The number of carbonyl (C=O) groups excluding carboxylic acids is 1. The summed E-state index contributed by atoms with van der Waals surface area (Å²) in [5.41, 5.74) is -0.262. The number of amides is 1. The summed E-state index contributed by atoms with van der Waals surface area (Å²) in [6, 6.07) is -0.0591. The molecule has 7 heteroatoms. The van der Waals surface area contributed by atoms with Gasteiger partial charge in [0.15, 0.2) is 11.9 Å². The van der Waals surface area contributed by atoms with Crippen molar-refractivity contribution in [3.63, 3.8) is 0 Å². The molecule has 0 saturated carbocycles. The van der Waals surface area contributed by atoms with Crippen LogP contribution < -0.4 is 5.32 Å². The third kappa shape index (κ3) is 3.49. The molecule has 1 amide bonds. The summed E-state index contributed by atoms with van der Waals surface area (Å²) >= 11 is 0. The van der Waals surface area contributed by atoms with Gasteiger partial charge in [-0.25, -0.2) is 9.18 Å². The average molecular weight is 242 g/mol. The first kappa shape index (κ1) is 13.0. The standard InChI is InChI=1S/C10H11FN2O4/c1-17-5-8(10(15)16)13-9(14)6-2-3-12-4-7(6)11/h2-4,8H,5H2,1H3,(H,13,14)(H,15,16). The summed E-state index contributed by atoms with van der Waals surface area (Å²) in [6.07, 6.45) is 2.12. The van der Waals surface area contributed by atoms with Crippen LogP contribution in [0.15, 0.2) is 18.5 Å². The van der Waals surface area contributed by atoms with Crippen molar-refractivity contribution in [2.45, 2.75) is 6.04 Å². The zero-order valence-corrected chi connectivity index (χ0v) is 9.01. The largest absolute Gasteiger partial charge is 0.480 e. The molecule has 1 unspecified atom stereocenters. The monoisotopic (exact) mass is 242 g/mol. The van der Waals surface area contributed by atoms with E-state index in [4.69, 9.17) is 5.11 Å². The van der Waals surface area contributed by atoms with E-state index in [1.807, 2.05) is 0 Å². The van der Waals surface area contributed by atoms with E-state index >= 15 is 0 Å². The highest BCUT2D eigenvalue weighted by Crippen LogP contribution is 2.04. The molecule has 2 N–H and O–H groups in total. The maximum atomic E-state index is 13.2. The summed E-state index contributed by atoms with van der Waals surface area (Å²) < 4.78 is 17.8. The SMILES string of the molecule is COCC(NC(=O)c1ccncc1F)C(=O)O. The minimum absolute atomic E-state index is 0.201. The Kier molecular flexibility index (Phi) is 4.53. The zero-order valence-electron chi connectivity index (χ0n) is 9.01. The number of pyridine rings is 1. The van der Waals surface area contributed by atoms with Gasteiger partial charge in [0, 0.05) is 13.3 Å². The number of halogens is 1. The lowest BCUT2D eigenvalue weighted by Gasteiger charge is -2.13. The predicted octanol–water partition coefficient (Wildman–Crippen LogP) is 0.0501. The predicted molar refractivity (Wildman–Crippen MR) is 55.0 cm³/mol. The van der Waals surface area contributed by atoms with Crippen LogP contribution in [0.4, 0.5) is 4.39 Å². The summed E-state index contributed by atoms with van der Waals surface area (Å²) in [5.74, 6) is -2.89. The molecule has 0 radical (unpaired) electrons. The molecule has 17 heavy (non-hydrogen) atoms. The zero-order chi connectivity index (χ0) is 12.8. The highest BCUT2D eigenvalue weighted by molar-refractivity contribution is 5.96. The average Bonchev–Trinajstić information content (AvgIpc) is 2.28. The Morgan fingerprint density at radius 3 is 2.88 bits per heavy atom. The highest BCUT2D eigenvalue weighted by atomic mass is 19.1. The number of hydrogen-bond donors (Lipinski definition) is 2. The Balaban J connectivity index is 2.77. The highest BCUT2D eigenvalue weighted by Gasteiger charge is 2.21. The van der Waals surface area contributed by atoms with Crippen LogP contribution >= 0.6 is 0 Å². The van der Waals surface area contributed by atoms with Gasteiger partial charge >= 0.3 is 5.97 Å². The third-order valence-corrected chi connectivity index (χ3v) is 1.95. The van der Waals surface area contributed by atoms with Crippen molar-refractivity contribution in [1.29, 1.82) is 0 Å². The minimum Gasteiger partial charge on any atom is -0.480 e. The number of aliphatic carboxylic acids is 1. The number of carbonyl (C=O) groups is 2. The van der Waals surface area contributed by atoms with Gasteiger partial charge in [-0.15, -0.1) is 0 Å². The van der Waals surface area contributed by atoms with Crippen LogP contribution in [0.1, 0.15) is 10.4 Å². The Hall–Kier alpha value is -2.02. The van der Waals surface area contributed by atoms with Crippen molar-refractivity contribution < 1.29 is 23.8 Å². The summed E-state index contributed by atoms with van der Waals surface area (Å²) in [7, 11) is 1.30. The molecular weight excluding hydrogens is 231 g/mol. The second kappa shape index (κ2) is 5.90. The van der Waals surface area contributed by atoms with E-state index in [1.54, 1.807) is 0 Å². The van der Waals surface area contributed by atoms with E-state index in [1.165, 1.54) is 13.3 Å². The van der Waals surface area contributed by atoms with Crippen LogP contribution in [0.25, 0.3) is 0 Å². The number of carboxylic acid groups (broad SMARTS) is 1. The number of carboxylic acids is 1. The van der Waals surface area contributed by atoms with E-state index in [2.05, 4.69) is 15.0 Å². The van der Waals surface area contributed by atoms with Gasteiger partial charge in [-0.2, -0.15) is 0 Å². The molecule has 0 aliphatic carbocycles. The molecule has 0 aliphatic heterocycles. The van der Waals surface area contributed by atoms with E-state index in [0.717, 1.165) is 12.3 Å². The number of rotatable bonds is 5. The van der Waals surface area contributed by atoms with Crippen molar-refractivity contribution in [3.8, 4) is 0 Å². The van der Waals surface area contributed by atoms with Crippen LogP contribution in [0.2, 0.25) is 0 Å². The maximum Gasteiger partial charge on any atom is 0.328 e. The molecule has 1 aromatic heterocycles. The fraction of sp³-hybridized carbons (Fsp3) is 0.300. The molecule has 0 fully saturated rings. The molecule has 0 aliphatic rings. The topological polar surface area (TPSA) is 88.5 Å². The quantitative estimate of drug-likeness (QED) is 0.761. The van der Waals surface area contributed by atoms with E-state index in [0.29, 0.717) is 0 Å². The lowest BCUT2D eigenvalue weighted by atomic mass is 10.2. The van der Waals surface area contributed by atoms with Gasteiger partial charge in [-0.1, -0.05) is 0 Å². The van der Waals surface area contributed by atoms with E-state index in [9.17, 15) is 14.0 Å².